The highest BCUT2D eigenvalue weighted by atomic mass is 32.2. The molecule has 2 heterocycles. The average molecular weight is 269 g/mol. The Bertz CT molecular complexity index is 635. The highest BCUT2D eigenvalue weighted by Gasteiger charge is 2.17. The van der Waals surface area contributed by atoms with Crippen molar-refractivity contribution in [2.24, 2.45) is 0 Å². The van der Waals surface area contributed by atoms with E-state index in [9.17, 15) is 8.42 Å². The van der Waals surface area contributed by atoms with Gasteiger partial charge in [-0.05, 0) is 25.1 Å². The molecule has 17 heavy (non-hydrogen) atoms. The number of rotatable bonds is 3. The highest BCUT2D eigenvalue weighted by molar-refractivity contribution is 7.94. The van der Waals surface area contributed by atoms with Crippen LogP contribution in [-0.2, 0) is 10.0 Å². The fraction of sp³-hybridized carbons (Fsp3) is 0.100. The Labute approximate surface area is 103 Å². The van der Waals surface area contributed by atoms with Gasteiger partial charge in [0.05, 0.1) is 11.4 Å². The average Bonchev–Trinajstić information content (AvgIpc) is 2.69. The summed E-state index contributed by atoms with van der Waals surface area (Å²) in [5.41, 5.74) is 7.04. The Balaban J connectivity index is 2.33. The fourth-order valence-corrected chi connectivity index (χ4v) is 3.46. The molecule has 0 aliphatic heterocycles. The van der Waals surface area contributed by atoms with Crippen molar-refractivity contribution in [1.29, 1.82) is 0 Å². The molecule has 0 amide bonds. The van der Waals surface area contributed by atoms with Gasteiger partial charge in [0.2, 0.25) is 0 Å². The Morgan fingerprint density at radius 2 is 2.24 bits per heavy atom. The number of sulfonamides is 1. The largest absolute Gasteiger partial charge is 0.398 e. The van der Waals surface area contributed by atoms with Crippen molar-refractivity contribution in [3.8, 4) is 0 Å². The third-order valence-electron chi connectivity index (χ3n) is 2.11. The zero-order valence-corrected chi connectivity index (χ0v) is 10.7. The van der Waals surface area contributed by atoms with Crippen LogP contribution in [0.15, 0.2) is 34.0 Å². The molecule has 0 bridgehead atoms. The van der Waals surface area contributed by atoms with Gasteiger partial charge in [-0.3, -0.25) is 9.71 Å². The van der Waals surface area contributed by atoms with Crippen molar-refractivity contribution < 1.29 is 8.42 Å². The first-order valence-electron chi connectivity index (χ1n) is 4.77. The lowest BCUT2D eigenvalue weighted by atomic mass is 10.3. The second-order valence-electron chi connectivity index (χ2n) is 3.44. The first kappa shape index (κ1) is 11.9. The minimum absolute atomic E-state index is 0.193. The first-order valence-corrected chi connectivity index (χ1v) is 7.14. The van der Waals surface area contributed by atoms with Gasteiger partial charge in [-0.15, -0.1) is 11.3 Å². The molecule has 0 saturated carbocycles. The molecular weight excluding hydrogens is 258 g/mol. The predicted molar refractivity (Wildman–Crippen MR) is 68.5 cm³/mol. The summed E-state index contributed by atoms with van der Waals surface area (Å²) in [5.74, 6) is 0. The van der Waals surface area contributed by atoms with Crippen LogP contribution in [0.4, 0.5) is 11.4 Å². The maximum Gasteiger partial charge on any atom is 0.271 e. The number of anilines is 2. The Hall–Kier alpha value is -1.60. The smallest absolute Gasteiger partial charge is 0.271 e. The quantitative estimate of drug-likeness (QED) is 0.890. The van der Waals surface area contributed by atoms with Crippen LogP contribution in [0.3, 0.4) is 0 Å². The van der Waals surface area contributed by atoms with Gasteiger partial charge in [0.15, 0.2) is 0 Å². The summed E-state index contributed by atoms with van der Waals surface area (Å²) in [6.45, 7) is 1.74. The van der Waals surface area contributed by atoms with E-state index in [1.54, 1.807) is 30.6 Å². The SMILES string of the molecule is Cc1ncccc1NS(=O)(=O)c1cc(N)cs1. The maximum absolute atomic E-state index is 12.0. The summed E-state index contributed by atoms with van der Waals surface area (Å²) in [5, 5.41) is 1.59. The number of hydrogen-bond donors (Lipinski definition) is 2. The lowest BCUT2D eigenvalue weighted by Crippen LogP contribution is -2.12. The molecular formula is C10H11N3O2S2. The molecule has 2 rings (SSSR count). The van der Waals surface area contributed by atoms with Crippen LogP contribution in [0, 0.1) is 6.92 Å². The summed E-state index contributed by atoms with van der Waals surface area (Å²) in [7, 11) is -3.57. The number of nitrogen functional groups attached to an aromatic ring is 1. The molecule has 90 valence electrons. The standard InChI is InChI=1S/C10H11N3O2S2/c1-7-9(3-2-4-12-7)13-17(14,15)10-5-8(11)6-16-10/h2-6,13H,11H2,1H3. The fourth-order valence-electron chi connectivity index (χ4n) is 1.26. The van der Waals surface area contributed by atoms with Crippen LogP contribution < -0.4 is 10.5 Å². The van der Waals surface area contributed by atoms with Crippen molar-refractivity contribution >= 4 is 32.7 Å². The number of nitrogens with zero attached hydrogens (tertiary/aromatic N) is 1. The topological polar surface area (TPSA) is 85.1 Å². The second kappa shape index (κ2) is 4.34. The second-order valence-corrected chi connectivity index (χ2v) is 6.26. The molecule has 0 atom stereocenters. The molecule has 5 nitrogen and oxygen atoms in total. The van der Waals surface area contributed by atoms with Crippen molar-refractivity contribution in [3.05, 3.63) is 35.5 Å². The molecule has 0 unspecified atom stereocenters. The Morgan fingerprint density at radius 3 is 2.82 bits per heavy atom. The Kier molecular flexibility index (Phi) is 3.03. The van der Waals surface area contributed by atoms with Gasteiger partial charge < -0.3 is 5.73 Å². The summed E-state index contributed by atoms with van der Waals surface area (Å²) in [4.78, 5) is 4.01. The van der Waals surface area contributed by atoms with Gasteiger partial charge in [0, 0.05) is 17.3 Å². The summed E-state index contributed by atoms with van der Waals surface area (Å²) < 4.78 is 26.6. The third kappa shape index (κ3) is 2.56. The molecule has 7 heteroatoms. The Morgan fingerprint density at radius 1 is 1.47 bits per heavy atom. The number of thiophene rings is 1. The number of hydrogen-bond acceptors (Lipinski definition) is 5. The van der Waals surface area contributed by atoms with Crippen LogP contribution in [0.1, 0.15) is 5.69 Å². The zero-order chi connectivity index (χ0) is 12.5. The summed E-state index contributed by atoms with van der Waals surface area (Å²) >= 11 is 1.09. The monoisotopic (exact) mass is 269 g/mol. The third-order valence-corrected chi connectivity index (χ3v) is 4.94. The van der Waals surface area contributed by atoms with Gasteiger partial charge >= 0.3 is 0 Å². The molecule has 2 aromatic rings. The highest BCUT2D eigenvalue weighted by Crippen LogP contribution is 2.24. The van der Waals surface area contributed by atoms with E-state index in [2.05, 4.69) is 9.71 Å². The molecule has 0 radical (unpaired) electrons. The van der Waals surface area contributed by atoms with Gasteiger partial charge in [-0.2, -0.15) is 0 Å². The number of aromatic nitrogens is 1. The van der Waals surface area contributed by atoms with E-state index in [4.69, 9.17) is 5.73 Å². The number of aryl methyl sites for hydroxylation is 1. The van der Waals surface area contributed by atoms with E-state index in [-0.39, 0.29) is 4.21 Å². The van der Waals surface area contributed by atoms with E-state index < -0.39 is 10.0 Å². The van der Waals surface area contributed by atoms with Crippen molar-refractivity contribution in [2.75, 3.05) is 10.5 Å². The van der Waals surface area contributed by atoms with Gasteiger partial charge in [-0.25, -0.2) is 8.42 Å². The maximum atomic E-state index is 12.0. The molecule has 0 saturated heterocycles. The lowest BCUT2D eigenvalue weighted by molar-refractivity contribution is 0.603. The molecule has 0 spiro atoms. The van der Waals surface area contributed by atoms with E-state index in [1.807, 2.05) is 0 Å². The first-order chi connectivity index (χ1) is 7.99. The zero-order valence-electron chi connectivity index (χ0n) is 9.04. The van der Waals surface area contributed by atoms with Gasteiger partial charge in [-0.1, -0.05) is 0 Å². The number of nitrogens with one attached hydrogen (secondary N) is 1. The minimum Gasteiger partial charge on any atom is -0.398 e. The van der Waals surface area contributed by atoms with Crippen LogP contribution >= 0.6 is 11.3 Å². The normalized spacial score (nSPS) is 11.4. The van der Waals surface area contributed by atoms with Crippen molar-refractivity contribution in [1.82, 2.24) is 4.98 Å². The minimum atomic E-state index is -3.57. The number of nitrogens with two attached hydrogens (primary N) is 1. The van der Waals surface area contributed by atoms with Gasteiger partial charge in [0.25, 0.3) is 10.0 Å². The van der Waals surface area contributed by atoms with E-state index in [0.29, 0.717) is 17.1 Å². The van der Waals surface area contributed by atoms with Crippen LogP contribution in [0.2, 0.25) is 0 Å². The molecule has 0 fully saturated rings. The van der Waals surface area contributed by atoms with Crippen molar-refractivity contribution in [3.63, 3.8) is 0 Å². The molecule has 0 aromatic carbocycles. The number of pyridine rings is 1. The van der Waals surface area contributed by atoms with Crippen LogP contribution in [0.25, 0.3) is 0 Å². The molecule has 2 aromatic heterocycles. The van der Waals surface area contributed by atoms with Crippen LogP contribution in [-0.4, -0.2) is 13.4 Å². The predicted octanol–water partition coefficient (Wildman–Crippen LogP) is 1.83. The van der Waals surface area contributed by atoms with E-state index in [0.717, 1.165) is 11.3 Å². The summed E-state index contributed by atoms with van der Waals surface area (Å²) in [6.07, 6.45) is 1.61. The molecule has 0 aliphatic carbocycles. The van der Waals surface area contributed by atoms with Gasteiger partial charge in [0.1, 0.15) is 4.21 Å². The van der Waals surface area contributed by atoms with E-state index in [1.165, 1.54) is 6.07 Å². The van der Waals surface area contributed by atoms with Crippen LogP contribution in [0.5, 0.6) is 0 Å². The lowest BCUT2D eigenvalue weighted by Gasteiger charge is -2.07. The molecule has 0 aliphatic rings. The van der Waals surface area contributed by atoms with Crippen molar-refractivity contribution in [2.45, 2.75) is 11.1 Å². The molecule has 3 N–H and O–H groups in total. The van der Waals surface area contributed by atoms with E-state index >= 15 is 0 Å². The summed E-state index contributed by atoms with van der Waals surface area (Å²) in [6, 6.07) is 4.77.